The van der Waals surface area contributed by atoms with Gasteiger partial charge in [-0.15, -0.1) is 14.5 Å². The molecule has 81 heavy (non-hydrogen) atoms. The predicted molar refractivity (Wildman–Crippen MR) is 293 cm³/mol. The van der Waals surface area contributed by atoms with Crippen LogP contribution in [0, 0.1) is 0 Å². The highest BCUT2D eigenvalue weighted by molar-refractivity contribution is 7.32. The molecular formula is C51H81N15O14P+. The van der Waals surface area contributed by atoms with Crippen molar-refractivity contribution in [2.75, 3.05) is 39.3 Å². The van der Waals surface area contributed by atoms with Gasteiger partial charge in [-0.05, 0) is 82.6 Å². The number of carboxylic acid groups (broad SMARTS) is 1. The molecule has 4 rings (SSSR count). The lowest BCUT2D eigenvalue weighted by atomic mass is 10.0. The number of aliphatic hydroxyl groups is 1. The van der Waals surface area contributed by atoms with Crippen LogP contribution in [0.5, 0.6) is 0 Å². The van der Waals surface area contributed by atoms with Crippen LogP contribution < -0.4 is 54.4 Å². The van der Waals surface area contributed by atoms with E-state index in [9.17, 15) is 57.9 Å². The van der Waals surface area contributed by atoms with Gasteiger partial charge in [0.25, 0.3) is 0 Å². The van der Waals surface area contributed by atoms with E-state index in [1.807, 2.05) is 6.20 Å². The lowest BCUT2D eigenvalue weighted by Gasteiger charge is -2.26. The fraction of sp³-hybridized carbons (Fsp3) is 0.647. The van der Waals surface area contributed by atoms with E-state index in [-0.39, 0.29) is 82.0 Å². The van der Waals surface area contributed by atoms with Crippen LogP contribution in [0.2, 0.25) is 0 Å². The minimum atomic E-state index is -2.79. The number of rotatable bonds is 33. The van der Waals surface area contributed by atoms with Gasteiger partial charge in [0.2, 0.25) is 47.3 Å². The molecule has 30 heteroatoms. The summed E-state index contributed by atoms with van der Waals surface area (Å²) in [4.78, 5) is 132. The van der Waals surface area contributed by atoms with Crippen molar-refractivity contribution < 1.29 is 67.3 Å². The highest BCUT2D eigenvalue weighted by Crippen LogP contribution is 2.24. The molecule has 3 heterocycles. The first-order chi connectivity index (χ1) is 38.8. The number of likely N-dealkylation sites (tertiary alicyclic amines) is 1. The number of carbonyl (C=O) groups excluding carboxylic acids is 8. The number of nitrogens with two attached hydrogens (primary N) is 3. The number of hydrogen-bond donors (Lipinski definition) is 13. The number of aromatic nitrogens is 3. The van der Waals surface area contributed by atoms with E-state index >= 15 is 0 Å². The van der Waals surface area contributed by atoms with Crippen LogP contribution in [0.4, 0.5) is 0 Å². The Morgan fingerprint density at radius 3 is 2.20 bits per heavy atom. The number of aliphatic carboxylic acids is 1. The molecule has 2 aliphatic rings. The average molecular weight is 1160 g/mol. The van der Waals surface area contributed by atoms with Crippen molar-refractivity contribution in [3.05, 3.63) is 47.8 Å². The molecule has 1 aromatic carbocycles. The van der Waals surface area contributed by atoms with Crippen molar-refractivity contribution in [3.8, 4) is 0 Å². The number of nitrogens with one attached hydrogen (secondary N) is 7. The van der Waals surface area contributed by atoms with Crippen molar-refractivity contribution in [2.45, 2.75) is 171 Å². The minimum Gasteiger partial charge on any atom is -0.481 e. The summed E-state index contributed by atoms with van der Waals surface area (Å²) < 4.78 is 17.4. The monoisotopic (exact) mass is 1160 g/mol. The van der Waals surface area contributed by atoms with Gasteiger partial charge in [-0.2, -0.15) is 0 Å². The van der Waals surface area contributed by atoms with Crippen LogP contribution >= 0.6 is 8.25 Å². The van der Waals surface area contributed by atoms with Gasteiger partial charge in [-0.3, -0.25) is 52.8 Å². The Hall–Kier alpha value is -7.20. The van der Waals surface area contributed by atoms with E-state index in [1.54, 1.807) is 35.0 Å². The zero-order valence-corrected chi connectivity index (χ0v) is 46.5. The Morgan fingerprint density at radius 1 is 0.802 bits per heavy atom. The van der Waals surface area contributed by atoms with E-state index in [1.165, 1.54) is 4.90 Å². The van der Waals surface area contributed by atoms with Crippen molar-refractivity contribution in [3.63, 3.8) is 0 Å². The number of unbranched alkanes of at least 4 members (excludes halogenated alkanes) is 5. The third-order valence-electron chi connectivity index (χ3n) is 13.4. The molecule has 448 valence electrons. The van der Waals surface area contributed by atoms with Crippen molar-refractivity contribution >= 4 is 67.4 Å². The number of amides is 8. The van der Waals surface area contributed by atoms with Gasteiger partial charge >= 0.3 is 14.2 Å². The van der Waals surface area contributed by atoms with Crippen LogP contribution in [0.15, 0.2) is 41.5 Å². The summed E-state index contributed by atoms with van der Waals surface area (Å²) in [7, 11) is -2.79. The molecule has 0 spiro atoms. The molecule has 8 amide bonds. The Bertz CT molecular complexity index is 2430. The maximum atomic E-state index is 14.0. The molecule has 2 aromatic rings. The summed E-state index contributed by atoms with van der Waals surface area (Å²) in [5.41, 5.74) is 18.5. The normalized spacial score (nSPS) is 20.5. The average Bonchev–Trinajstić information content (AvgIpc) is 4.06. The van der Waals surface area contributed by atoms with Gasteiger partial charge in [0, 0.05) is 62.7 Å². The second kappa shape index (κ2) is 36.2. The lowest BCUT2D eigenvalue weighted by molar-refractivity contribution is -0.141. The molecule has 0 aliphatic carbocycles. The lowest BCUT2D eigenvalue weighted by Crippen LogP contribution is -2.58. The molecule has 2 saturated heterocycles. The molecule has 29 nitrogen and oxygen atoms in total. The number of aliphatic hydroxyl groups excluding tert-OH is 1. The third-order valence-corrected chi connectivity index (χ3v) is 13.8. The summed E-state index contributed by atoms with van der Waals surface area (Å²) >= 11 is 0. The summed E-state index contributed by atoms with van der Waals surface area (Å²) in [6, 6.07) is 1.96. The van der Waals surface area contributed by atoms with E-state index in [4.69, 9.17) is 26.6 Å². The van der Waals surface area contributed by atoms with Gasteiger partial charge in [-0.1, -0.05) is 54.8 Å². The minimum absolute atomic E-state index is 0.0168. The Kier molecular flexibility index (Phi) is 29.6. The first kappa shape index (κ1) is 66.3. The highest BCUT2D eigenvalue weighted by Gasteiger charge is 2.37. The second-order valence-corrected chi connectivity index (χ2v) is 20.8. The number of β-amino-alcohol motifs (C(OH)–C–C–N with tert-alkyl or cyclic N) is 1. The smallest absolute Gasteiger partial charge is 0.481 e. The molecule has 0 saturated carbocycles. The molecule has 1 unspecified atom stereocenters. The van der Waals surface area contributed by atoms with Gasteiger partial charge in [0.15, 0.2) is 5.96 Å². The molecule has 16 N–H and O–H groups in total. The molecule has 8 atom stereocenters. The molecular weight excluding hydrogens is 1080 g/mol. The van der Waals surface area contributed by atoms with Gasteiger partial charge in [0.05, 0.1) is 36.8 Å². The predicted octanol–water partition coefficient (Wildman–Crippen LogP) is -2.08. The first-order valence-corrected chi connectivity index (χ1v) is 28.7. The fourth-order valence-electron chi connectivity index (χ4n) is 9.13. The van der Waals surface area contributed by atoms with E-state index in [2.05, 4.69) is 52.5 Å². The number of nitrogens with zero attached hydrogens (tertiary/aromatic N) is 5. The molecule has 2 fully saturated rings. The number of benzene rings is 1. The molecule has 0 radical (unpaired) electrons. The number of carboxylic acids is 1. The summed E-state index contributed by atoms with van der Waals surface area (Å²) in [6.45, 7) is 0.762. The SMILES string of the molecule is NC(N)=NCCC[C@@H]1NC(=O)[C@H](CCCCNC(=O)[C@H](N)CCCCCn2cc(CCCC(=O)NCCCCCC(=O)N3C[C@H](O)C[C@H]3CO[P+](=O)O)nn2)NC(=O)[C@@H](Cc2ccccc2)NC(=O)[C@H](CC(=O)O)NC(=O)CNC1=O. The quantitative estimate of drug-likeness (QED) is 0.0158. The van der Waals surface area contributed by atoms with Gasteiger partial charge in [-0.25, -0.2) is 0 Å². The van der Waals surface area contributed by atoms with E-state index in [0.717, 1.165) is 18.5 Å². The van der Waals surface area contributed by atoms with Gasteiger partial charge < -0.3 is 69.5 Å². The number of aliphatic imine (C=N–C) groups is 1. The van der Waals surface area contributed by atoms with Crippen LogP contribution in [0.3, 0.4) is 0 Å². The standard InChI is InChI=1S/C51H80N15O14P/c52-37(17-6-3-11-25-65-30-34(63-64-65)16-12-20-42(68)55-22-9-2-7-21-44(70)66-31-36(67)27-35(66)32-80-81(78)79)46(73)56-23-10-8-18-39-48(75)60-38(19-13-24-57-51(53)54)47(74)58-29-43(69)59-41(28-45(71)72)50(77)62-40(49(76)61-39)26-33-14-4-1-5-15-33/h1,4-5,14-15,30,35-41,67H,2-3,6-13,16-29,31-32,52H2,(H12-,53,54,55,56,57,58,59,60,61,62,68,69,71,72,73,74,75,76,77,78,79)/p+1/t35-,36+,37+,38-,39-,40+,41-/m0/s1. The van der Waals surface area contributed by atoms with E-state index < -0.39 is 99.1 Å². The zero-order valence-electron chi connectivity index (χ0n) is 45.6. The fourth-order valence-corrected chi connectivity index (χ4v) is 9.43. The Morgan fingerprint density at radius 2 is 1.47 bits per heavy atom. The summed E-state index contributed by atoms with van der Waals surface area (Å²) in [6.07, 6.45) is 7.83. The van der Waals surface area contributed by atoms with Gasteiger partial charge in [0.1, 0.15) is 30.8 Å². The summed E-state index contributed by atoms with van der Waals surface area (Å²) in [5.74, 6) is -6.38. The maximum absolute atomic E-state index is 14.0. The first-order valence-electron chi connectivity index (χ1n) is 27.5. The van der Waals surface area contributed by atoms with Crippen molar-refractivity contribution in [1.29, 1.82) is 0 Å². The van der Waals surface area contributed by atoms with Crippen molar-refractivity contribution in [1.82, 2.24) is 57.1 Å². The number of hydrogen-bond acceptors (Lipinski definition) is 16. The maximum Gasteiger partial charge on any atom is 0.694 e. The molecule has 2 aliphatic heterocycles. The van der Waals surface area contributed by atoms with Crippen LogP contribution in [0.1, 0.15) is 120 Å². The van der Waals surface area contributed by atoms with Crippen molar-refractivity contribution in [2.24, 2.45) is 22.2 Å². The second-order valence-electron chi connectivity index (χ2n) is 20.1. The van der Waals surface area contributed by atoms with E-state index in [0.29, 0.717) is 89.3 Å². The largest absolute Gasteiger partial charge is 0.694 e. The highest BCUT2D eigenvalue weighted by atomic mass is 31.1. The zero-order chi connectivity index (χ0) is 59.1. The number of aryl methyl sites for hydroxylation is 2. The molecule has 1 aromatic heterocycles. The van der Waals surface area contributed by atoms with Crippen LogP contribution in [-0.2, 0) is 71.6 Å². The molecule has 0 bridgehead atoms. The third kappa shape index (κ3) is 26.3. The number of guanidine groups is 1. The summed E-state index contributed by atoms with van der Waals surface area (Å²) in [5, 5.41) is 46.2. The van der Waals surface area contributed by atoms with Crippen LogP contribution in [0.25, 0.3) is 0 Å². The Balaban J connectivity index is 1.17. The van der Waals surface area contributed by atoms with Crippen LogP contribution in [-0.4, -0.2) is 176 Å². The number of carbonyl (C=O) groups is 9. The Labute approximate surface area is 470 Å². The topological polar surface area (TPSA) is 449 Å².